The molecule has 0 heterocycles. The van der Waals surface area contributed by atoms with Crippen molar-refractivity contribution < 1.29 is 28.7 Å². The van der Waals surface area contributed by atoms with Gasteiger partial charge < -0.3 is 19.4 Å². The van der Waals surface area contributed by atoms with Crippen LogP contribution in [0.15, 0.2) is 54.6 Å². The second kappa shape index (κ2) is 17.0. The van der Waals surface area contributed by atoms with Crippen molar-refractivity contribution in [3.8, 4) is 0 Å². The molecule has 0 saturated heterocycles. The summed E-state index contributed by atoms with van der Waals surface area (Å²) in [4.78, 5) is 56.9. The minimum absolute atomic E-state index is 0.0387. The largest absolute Gasteiger partial charge is 0.472 e. The molecule has 0 spiro atoms. The quantitative estimate of drug-likeness (QED) is 0.161. The van der Waals surface area contributed by atoms with Crippen LogP contribution in [0.3, 0.4) is 0 Å². The number of hydrogen-bond donors (Lipinski definition) is 2. The fraction of sp³-hybridized carbons (Fsp3) is 0.515. The van der Waals surface area contributed by atoms with E-state index in [-0.39, 0.29) is 36.4 Å². The molecule has 4 rings (SSSR count). The third-order valence-electron chi connectivity index (χ3n) is 8.69. The third kappa shape index (κ3) is 10.8. The fourth-order valence-corrected chi connectivity index (χ4v) is 8.60. The molecule has 2 aliphatic carbocycles. The molecule has 2 fully saturated rings. The molecule has 0 unspecified atom stereocenters. The number of methoxy groups -OCH3 is 1. The van der Waals surface area contributed by atoms with Crippen molar-refractivity contribution in [1.29, 1.82) is 0 Å². The summed E-state index contributed by atoms with van der Waals surface area (Å²) >= 11 is 7.01. The average molecular weight is 673 g/mol. The Labute approximate surface area is 276 Å². The lowest BCUT2D eigenvalue weighted by molar-refractivity contribution is -0.132. The summed E-state index contributed by atoms with van der Waals surface area (Å²) in [6.07, 6.45) is 8.11. The van der Waals surface area contributed by atoms with Gasteiger partial charge in [0.2, 0.25) is 11.8 Å². The van der Waals surface area contributed by atoms with Crippen LogP contribution >= 0.6 is 23.5 Å². The van der Waals surface area contributed by atoms with Crippen LogP contribution in [0.5, 0.6) is 0 Å². The summed E-state index contributed by atoms with van der Waals surface area (Å²) in [5.41, 5.74) is 1.22. The number of likely N-dealkylation sites (N-methyl/N-ethyl adjacent to an activating group) is 1. The zero-order valence-corrected chi connectivity index (χ0v) is 28.6. The molecule has 0 aromatic heterocycles. The van der Waals surface area contributed by atoms with E-state index in [1.807, 2.05) is 30.1 Å². The van der Waals surface area contributed by atoms with Gasteiger partial charge in [0, 0.05) is 24.0 Å². The van der Waals surface area contributed by atoms with Crippen LogP contribution in [0.4, 0.5) is 9.59 Å². The summed E-state index contributed by atoms with van der Waals surface area (Å²) in [6, 6.07) is 17.4. The van der Waals surface area contributed by atoms with Crippen LogP contribution in [0.2, 0.25) is 11.1 Å². The number of rotatable bonds is 15. The van der Waals surface area contributed by atoms with E-state index in [2.05, 4.69) is 21.8 Å². The van der Waals surface area contributed by atoms with Crippen molar-refractivity contribution in [2.45, 2.75) is 87.6 Å². The van der Waals surface area contributed by atoms with E-state index in [0.29, 0.717) is 17.4 Å². The van der Waals surface area contributed by atoms with Gasteiger partial charge in [-0.3, -0.25) is 19.1 Å². The molecular weight excluding hydrogens is 630 g/mol. The van der Waals surface area contributed by atoms with Crippen LogP contribution in [0.25, 0.3) is 0 Å². The van der Waals surface area contributed by atoms with Crippen molar-refractivity contribution in [1.82, 2.24) is 14.6 Å². The summed E-state index contributed by atoms with van der Waals surface area (Å²) in [7, 11) is 0.885. The number of carbonyl (C=O) groups is 4. The molecule has 3 amide bonds. The number of amides is 3. The van der Waals surface area contributed by atoms with Gasteiger partial charge in [-0.05, 0) is 72.9 Å². The van der Waals surface area contributed by atoms with Crippen molar-refractivity contribution in [2.75, 3.05) is 14.2 Å². The first kappa shape index (κ1) is 34.8. The molecule has 2 saturated carbocycles. The molecule has 1 radical (unpaired) electrons. The van der Waals surface area contributed by atoms with Crippen LogP contribution in [-0.4, -0.2) is 62.3 Å². The Morgan fingerprint density at radius 3 is 2.42 bits per heavy atom. The van der Waals surface area contributed by atoms with Gasteiger partial charge in [-0.15, -0.1) is 0 Å². The molecule has 9 nitrogen and oxygen atoms in total. The number of nitrogens with zero attached hydrogens (tertiary/aromatic N) is 1. The third-order valence-corrected chi connectivity index (χ3v) is 11.9. The highest BCUT2D eigenvalue weighted by atomic mass is 35.5. The van der Waals surface area contributed by atoms with Crippen LogP contribution < -0.4 is 9.70 Å². The van der Waals surface area contributed by atoms with Crippen molar-refractivity contribution >= 4 is 56.0 Å². The Kier molecular flexibility index (Phi) is 13.2. The smallest absolute Gasteiger partial charge is 0.417 e. The van der Waals surface area contributed by atoms with Crippen molar-refractivity contribution in [2.24, 2.45) is 5.92 Å². The summed E-state index contributed by atoms with van der Waals surface area (Å²) < 4.78 is 13.0. The van der Waals surface area contributed by atoms with Gasteiger partial charge in [-0.1, -0.05) is 86.2 Å². The van der Waals surface area contributed by atoms with E-state index in [4.69, 9.17) is 21.1 Å². The molecule has 2 aliphatic rings. The number of nitrogens with one attached hydrogen (secondary N) is 2. The van der Waals surface area contributed by atoms with Gasteiger partial charge in [0.25, 0.3) is 5.59 Å². The van der Waals surface area contributed by atoms with Gasteiger partial charge in [-0.2, -0.15) is 0 Å². The molecule has 2 aromatic rings. The molecule has 0 aliphatic heterocycles. The second-order valence-corrected chi connectivity index (χ2v) is 15.5. The van der Waals surface area contributed by atoms with E-state index in [1.54, 1.807) is 24.3 Å². The van der Waals surface area contributed by atoms with E-state index in [0.717, 1.165) is 62.5 Å². The number of carbonyl (C=O) groups excluding carboxylic acids is 4. The summed E-state index contributed by atoms with van der Waals surface area (Å²) in [5, 5.41) is -0.0821. The maximum Gasteiger partial charge on any atom is 0.417 e. The van der Waals surface area contributed by atoms with Crippen LogP contribution in [-0.2, 0) is 32.1 Å². The Morgan fingerprint density at radius 2 is 1.76 bits per heavy atom. The van der Waals surface area contributed by atoms with Gasteiger partial charge in [0.15, 0.2) is 0 Å². The summed E-state index contributed by atoms with van der Waals surface area (Å²) in [6.45, 7) is 0.0387. The lowest BCUT2D eigenvalue weighted by atomic mass is 9.86. The minimum atomic E-state index is -2.23. The SMILES string of the molecule is COC(=O)[Si](CCC(=O)N(C)C1(Cc2ccccc2)CC1)NC(=O)[C@H](CC1CCCCC1)SNC(=O)OCc1cccc(Cl)c1. The predicted octanol–water partition coefficient (Wildman–Crippen LogP) is 6.63. The van der Waals surface area contributed by atoms with E-state index >= 15 is 0 Å². The van der Waals surface area contributed by atoms with Gasteiger partial charge in [0.05, 0.1) is 7.11 Å². The first-order chi connectivity index (χ1) is 21.7. The molecule has 0 bridgehead atoms. The monoisotopic (exact) mass is 672 g/mol. The van der Waals surface area contributed by atoms with Gasteiger partial charge >= 0.3 is 15.1 Å². The maximum atomic E-state index is 13.6. The Morgan fingerprint density at radius 1 is 1.04 bits per heavy atom. The molecule has 45 heavy (non-hydrogen) atoms. The van der Waals surface area contributed by atoms with Crippen molar-refractivity contribution in [3.63, 3.8) is 0 Å². The number of halogens is 1. The molecule has 1 atom stereocenters. The zero-order valence-electron chi connectivity index (χ0n) is 26.0. The molecular formula is C33H43ClN3O6SSi. The van der Waals surface area contributed by atoms with E-state index in [1.165, 1.54) is 19.1 Å². The standard InChI is InChI=1S/C33H43ClN3O6SSi/c1-37(33(17-18-33)22-25-12-7-4-8-13-25)29(38)16-19-45(32(41)42-2)36-30(39)28(21-24-10-5-3-6-11-24)44-35-31(40)43-23-26-14-9-15-27(34)20-26/h4,7-9,12-15,20,24,28H,3,5-6,10-11,16-19,21-23H2,1-2H3,(H,35,40)(H,36,39)/t28-/m0/s1. The zero-order chi connectivity index (χ0) is 32.2. The first-order valence-electron chi connectivity index (χ1n) is 15.6. The molecule has 2 aromatic carbocycles. The van der Waals surface area contributed by atoms with Gasteiger partial charge in [-0.25, -0.2) is 4.79 Å². The van der Waals surface area contributed by atoms with E-state index < -0.39 is 25.9 Å². The van der Waals surface area contributed by atoms with Crippen LogP contribution in [0, 0.1) is 5.92 Å². The lowest BCUT2D eigenvalue weighted by Gasteiger charge is -2.29. The average Bonchev–Trinajstić information content (AvgIpc) is 3.84. The topological polar surface area (TPSA) is 114 Å². The molecule has 243 valence electrons. The Balaban J connectivity index is 1.33. The predicted molar refractivity (Wildman–Crippen MR) is 178 cm³/mol. The minimum Gasteiger partial charge on any atom is -0.472 e. The highest BCUT2D eigenvalue weighted by Crippen LogP contribution is 2.44. The Hall–Kier alpha value is -3.02. The highest BCUT2D eigenvalue weighted by Gasteiger charge is 2.48. The molecule has 2 N–H and O–H groups in total. The maximum absolute atomic E-state index is 13.6. The number of benzene rings is 2. The van der Waals surface area contributed by atoms with Gasteiger partial charge in [0.1, 0.15) is 11.9 Å². The van der Waals surface area contributed by atoms with Crippen LogP contribution in [0.1, 0.15) is 68.9 Å². The second-order valence-electron chi connectivity index (χ2n) is 12.0. The van der Waals surface area contributed by atoms with Crippen molar-refractivity contribution in [3.05, 3.63) is 70.7 Å². The highest BCUT2D eigenvalue weighted by molar-refractivity contribution is 7.99. The lowest BCUT2D eigenvalue weighted by Crippen LogP contribution is -2.50. The fourth-order valence-electron chi connectivity index (χ4n) is 5.84. The normalized spacial score (nSPS) is 16.4. The van der Waals surface area contributed by atoms with E-state index in [9.17, 15) is 19.2 Å². The molecule has 12 heteroatoms. The number of ether oxygens (including phenoxy) is 2. The summed E-state index contributed by atoms with van der Waals surface area (Å²) in [5.74, 6) is -0.0560. The first-order valence-corrected chi connectivity index (χ1v) is 18.5. The Bertz CT molecular complexity index is 1310. The number of hydrogen-bond acceptors (Lipinski definition) is 7.